The van der Waals surface area contributed by atoms with Crippen molar-refractivity contribution >= 4 is 12.2 Å². The minimum atomic E-state index is -0.511. The fraction of sp³-hybridized carbons (Fsp3) is 0.280. The van der Waals surface area contributed by atoms with Crippen molar-refractivity contribution in [2.75, 3.05) is 5.43 Å². The van der Waals surface area contributed by atoms with Gasteiger partial charge in [0.15, 0.2) is 0 Å². The first kappa shape index (κ1) is 22.9. The second kappa shape index (κ2) is 10.5. The maximum atomic E-state index is 12.3. The zero-order chi connectivity index (χ0) is 23.1. The van der Waals surface area contributed by atoms with Crippen LogP contribution in [0.2, 0.25) is 0 Å². The van der Waals surface area contributed by atoms with Crippen LogP contribution in [0, 0.1) is 11.3 Å². The van der Waals surface area contributed by atoms with Crippen LogP contribution in [0.15, 0.2) is 64.5 Å². The van der Waals surface area contributed by atoms with Gasteiger partial charge in [-0.25, -0.2) is 10.4 Å². The number of aromatic amines is 1. The van der Waals surface area contributed by atoms with Gasteiger partial charge in [-0.2, -0.15) is 10.4 Å². The van der Waals surface area contributed by atoms with E-state index in [-0.39, 0.29) is 11.5 Å². The second-order valence-corrected chi connectivity index (χ2v) is 8.09. The largest absolute Gasteiger partial charge is 0.294 e. The molecule has 0 aliphatic carbocycles. The molecule has 7 heteroatoms. The quantitative estimate of drug-likeness (QED) is 0.410. The summed E-state index contributed by atoms with van der Waals surface area (Å²) in [6.07, 6.45) is 1.66. The van der Waals surface area contributed by atoms with Crippen molar-refractivity contribution < 1.29 is 0 Å². The SMILES string of the molecule is CC(C)N(Cc1ccc(C=NNc2nc(-c3ccccc3)c(C#N)c(=O)[nH]2)cc1)C(C)C. The van der Waals surface area contributed by atoms with Crippen LogP contribution in [-0.4, -0.2) is 33.2 Å². The summed E-state index contributed by atoms with van der Waals surface area (Å²) in [5.74, 6) is 0.172. The number of hydrazone groups is 1. The Labute approximate surface area is 188 Å². The van der Waals surface area contributed by atoms with Crippen LogP contribution in [0.3, 0.4) is 0 Å². The summed E-state index contributed by atoms with van der Waals surface area (Å²) < 4.78 is 0. The van der Waals surface area contributed by atoms with Gasteiger partial charge in [-0.15, -0.1) is 0 Å². The van der Waals surface area contributed by atoms with Gasteiger partial charge in [-0.3, -0.25) is 14.7 Å². The van der Waals surface area contributed by atoms with Crippen molar-refractivity contribution in [3.8, 4) is 17.3 Å². The van der Waals surface area contributed by atoms with Gasteiger partial charge in [-0.1, -0.05) is 54.6 Å². The molecule has 0 radical (unpaired) electrons. The smallest absolute Gasteiger partial charge is 0.270 e. The first-order valence-electron chi connectivity index (χ1n) is 10.6. The molecular formula is C25H28N6O. The first-order valence-corrected chi connectivity index (χ1v) is 10.6. The molecule has 3 aromatic rings. The van der Waals surface area contributed by atoms with Gasteiger partial charge in [0, 0.05) is 24.2 Å². The average molecular weight is 429 g/mol. The Balaban J connectivity index is 1.73. The number of anilines is 1. The van der Waals surface area contributed by atoms with Gasteiger partial charge >= 0.3 is 0 Å². The van der Waals surface area contributed by atoms with Crippen molar-refractivity contribution in [3.63, 3.8) is 0 Å². The number of hydrogen-bond acceptors (Lipinski definition) is 6. The van der Waals surface area contributed by atoms with Gasteiger partial charge in [0.25, 0.3) is 5.56 Å². The molecule has 0 aliphatic rings. The number of nitrogens with zero attached hydrogens (tertiary/aromatic N) is 4. The summed E-state index contributed by atoms with van der Waals surface area (Å²) in [6, 6.07) is 20.2. The molecule has 2 aromatic carbocycles. The summed E-state index contributed by atoms with van der Waals surface area (Å²) in [7, 11) is 0. The highest BCUT2D eigenvalue weighted by Gasteiger charge is 2.14. The van der Waals surface area contributed by atoms with E-state index in [1.807, 2.05) is 36.4 Å². The maximum Gasteiger partial charge on any atom is 0.270 e. The molecule has 0 atom stereocenters. The molecule has 3 rings (SSSR count). The Bertz CT molecular complexity index is 1150. The molecule has 164 valence electrons. The molecular weight excluding hydrogens is 400 g/mol. The van der Waals surface area contributed by atoms with Gasteiger partial charge in [0.2, 0.25) is 5.95 Å². The van der Waals surface area contributed by atoms with Crippen LogP contribution >= 0.6 is 0 Å². The van der Waals surface area contributed by atoms with Crippen LogP contribution in [0.5, 0.6) is 0 Å². The zero-order valence-corrected chi connectivity index (χ0v) is 18.8. The second-order valence-electron chi connectivity index (χ2n) is 8.09. The highest BCUT2D eigenvalue weighted by atomic mass is 16.1. The summed E-state index contributed by atoms with van der Waals surface area (Å²) in [5, 5.41) is 13.5. The minimum absolute atomic E-state index is 0.0295. The fourth-order valence-corrected chi connectivity index (χ4v) is 3.48. The number of benzene rings is 2. The number of aromatic nitrogens is 2. The van der Waals surface area contributed by atoms with Gasteiger partial charge in [0.1, 0.15) is 11.6 Å². The number of nitriles is 1. The number of hydrogen-bond donors (Lipinski definition) is 2. The summed E-state index contributed by atoms with van der Waals surface area (Å²) in [5.41, 5.74) is 5.38. The van der Waals surface area contributed by atoms with Crippen molar-refractivity contribution in [2.45, 2.75) is 46.3 Å². The number of rotatable bonds is 8. The van der Waals surface area contributed by atoms with Crippen LogP contribution in [-0.2, 0) is 6.54 Å². The molecule has 0 unspecified atom stereocenters. The lowest BCUT2D eigenvalue weighted by molar-refractivity contribution is 0.166. The van der Waals surface area contributed by atoms with E-state index in [0.29, 0.717) is 23.3 Å². The lowest BCUT2D eigenvalue weighted by Gasteiger charge is -2.30. The molecule has 0 fully saturated rings. The van der Waals surface area contributed by atoms with Crippen LogP contribution < -0.4 is 11.0 Å². The highest BCUT2D eigenvalue weighted by molar-refractivity contribution is 5.80. The Morgan fingerprint density at radius 2 is 1.75 bits per heavy atom. The molecule has 0 saturated carbocycles. The summed E-state index contributed by atoms with van der Waals surface area (Å²) >= 11 is 0. The van der Waals surface area contributed by atoms with E-state index in [4.69, 9.17) is 0 Å². The van der Waals surface area contributed by atoms with Crippen LogP contribution in [0.25, 0.3) is 11.3 Å². The summed E-state index contributed by atoms with van der Waals surface area (Å²) in [4.78, 5) is 21.7. The molecule has 32 heavy (non-hydrogen) atoms. The molecule has 7 nitrogen and oxygen atoms in total. The predicted octanol–water partition coefficient (Wildman–Crippen LogP) is 4.37. The standard InChI is InChI=1S/C25H28N6O/c1-17(2)31(18(3)4)16-20-12-10-19(11-13-20)15-27-30-25-28-23(21-8-6-5-7-9-21)22(14-26)24(32)29-25/h5-13,15,17-18H,16H2,1-4H3,(H2,28,29,30,32). The van der Waals surface area contributed by atoms with E-state index < -0.39 is 5.56 Å². The van der Waals surface area contributed by atoms with E-state index in [1.54, 1.807) is 18.3 Å². The molecule has 1 aromatic heterocycles. The molecule has 2 N–H and O–H groups in total. The Kier molecular flexibility index (Phi) is 7.53. The predicted molar refractivity (Wildman–Crippen MR) is 128 cm³/mol. The van der Waals surface area contributed by atoms with E-state index >= 15 is 0 Å². The van der Waals surface area contributed by atoms with Crippen molar-refractivity contribution in [2.24, 2.45) is 5.10 Å². The van der Waals surface area contributed by atoms with E-state index in [9.17, 15) is 10.1 Å². The average Bonchev–Trinajstić information content (AvgIpc) is 2.78. The van der Waals surface area contributed by atoms with E-state index in [0.717, 1.165) is 12.1 Å². The molecule has 1 heterocycles. The van der Waals surface area contributed by atoms with E-state index in [1.165, 1.54) is 5.56 Å². The topological polar surface area (TPSA) is 97.2 Å². The molecule has 0 saturated heterocycles. The Morgan fingerprint density at radius 3 is 2.34 bits per heavy atom. The third-order valence-electron chi connectivity index (χ3n) is 5.13. The van der Waals surface area contributed by atoms with Gasteiger partial charge < -0.3 is 0 Å². The highest BCUT2D eigenvalue weighted by Crippen LogP contribution is 2.19. The van der Waals surface area contributed by atoms with Crippen molar-refractivity contribution in [3.05, 3.63) is 81.6 Å². The third-order valence-corrected chi connectivity index (χ3v) is 5.13. The van der Waals surface area contributed by atoms with Crippen molar-refractivity contribution in [1.29, 1.82) is 5.26 Å². The summed E-state index contributed by atoms with van der Waals surface area (Å²) in [6.45, 7) is 9.72. The third kappa shape index (κ3) is 5.68. The maximum absolute atomic E-state index is 12.3. The van der Waals surface area contributed by atoms with E-state index in [2.05, 4.69) is 65.2 Å². The monoisotopic (exact) mass is 428 g/mol. The lowest BCUT2D eigenvalue weighted by atomic mass is 10.1. The number of nitrogens with one attached hydrogen (secondary N) is 2. The molecule has 0 bridgehead atoms. The Morgan fingerprint density at radius 1 is 1.09 bits per heavy atom. The van der Waals surface area contributed by atoms with Gasteiger partial charge in [-0.05, 0) is 38.8 Å². The minimum Gasteiger partial charge on any atom is -0.294 e. The van der Waals surface area contributed by atoms with Crippen LogP contribution in [0.1, 0.15) is 44.4 Å². The molecule has 0 amide bonds. The van der Waals surface area contributed by atoms with Crippen molar-refractivity contribution in [1.82, 2.24) is 14.9 Å². The van der Waals surface area contributed by atoms with Crippen LogP contribution in [0.4, 0.5) is 5.95 Å². The molecule has 0 spiro atoms. The first-order chi connectivity index (χ1) is 15.4. The Hall–Kier alpha value is -3.76. The van der Waals surface area contributed by atoms with Gasteiger partial charge in [0.05, 0.1) is 11.9 Å². The fourth-order valence-electron chi connectivity index (χ4n) is 3.48. The zero-order valence-electron chi connectivity index (χ0n) is 18.8. The number of H-pyrrole nitrogens is 1. The molecule has 0 aliphatic heterocycles. The normalized spacial score (nSPS) is 11.4. The lowest BCUT2D eigenvalue weighted by Crippen LogP contribution is -2.36.